The summed E-state index contributed by atoms with van der Waals surface area (Å²) in [6, 6.07) is 0.407. The molecular formula is C14H23N3OS. The summed E-state index contributed by atoms with van der Waals surface area (Å²) in [6.07, 6.45) is 6.01. The first-order valence-corrected chi connectivity index (χ1v) is 8.08. The van der Waals surface area contributed by atoms with Gasteiger partial charge in [-0.25, -0.2) is 4.98 Å². The van der Waals surface area contributed by atoms with Crippen molar-refractivity contribution in [2.24, 2.45) is 5.92 Å². The minimum atomic E-state index is 0.162. The van der Waals surface area contributed by atoms with Crippen molar-refractivity contribution in [2.45, 2.75) is 45.6 Å². The number of carbonyl (C=O) groups is 1. The van der Waals surface area contributed by atoms with Crippen LogP contribution in [-0.4, -0.2) is 30.0 Å². The molecule has 5 heteroatoms. The quantitative estimate of drug-likeness (QED) is 0.872. The summed E-state index contributed by atoms with van der Waals surface area (Å²) in [5.41, 5.74) is 0. The van der Waals surface area contributed by atoms with E-state index in [0.29, 0.717) is 6.04 Å². The van der Waals surface area contributed by atoms with Gasteiger partial charge in [0.15, 0.2) is 5.13 Å². The maximum absolute atomic E-state index is 12.0. The summed E-state index contributed by atoms with van der Waals surface area (Å²) in [7, 11) is 0. The molecule has 1 aromatic rings. The van der Waals surface area contributed by atoms with Crippen LogP contribution in [0.4, 0.5) is 5.13 Å². The van der Waals surface area contributed by atoms with E-state index in [2.05, 4.69) is 29.0 Å². The van der Waals surface area contributed by atoms with Crippen molar-refractivity contribution in [2.75, 3.05) is 18.0 Å². The fourth-order valence-electron chi connectivity index (χ4n) is 2.68. The SMILES string of the molecule is CCC(CC)C(=O)NCC1CCCN1c1nccs1. The molecule has 1 aromatic heterocycles. The largest absolute Gasteiger partial charge is 0.354 e. The second kappa shape index (κ2) is 6.89. The molecular weight excluding hydrogens is 258 g/mol. The van der Waals surface area contributed by atoms with Gasteiger partial charge in [-0.15, -0.1) is 11.3 Å². The van der Waals surface area contributed by atoms with Gasteiger partial charge in [-0.2, -0.15) is 0 Å². The van der Waals surface area contributed by atoms with E-state index < -0.39 is 0 Å². The van der Waals surface area contributed by atoms with Gasteiger partial charge in [0.2, 0.25) is 5.91 Å². The molecule has 1 unspecified atom stereocenters. The molecule has 0 bridgehead atoms. The van der Waals surface area contributed by atoms with Gasteiger partial charge in [0.25, 0.3) is 0 Å². The van der Waals surface area contributed by atoms with E-state index >= 15 is 0 Å². The summed E-state index contributed by atoms with van der Waals surface area (Å²) in [4.78, 5) is 18.7. The number of carbonyl (C=O) groups excluding carboxylic acids is 1. The Morgan fingerprint density at radius 1 is 1.58 bits per heavy atom. The second-order valence-corrected chi connectivity index (χ2v) is 5.94. The smallest absolute Gasteiger partial charge is 0.223 e. The molecule has 1 aliphatic heterocycles. The lowest BCUT2D eigenvalue weighted by Crippen LogP contribution is -2.42. The summed E-state index contributed by atoms with van der Waals surface area (Å²) in [6.45, 7) is 5.95. The summed E-state index contributed by atoms with van der Waals surface area (Å²) in [5, 5.41) is 6.20. The fourth-order valence-corrected chi connectivity index (χ4v) is 3.42. The number of hydrogen-bond donors (Lipinski definition) is 1. The van der Waals surface area contributed by atoms with Gasteiger partial charge >= 0.3 is 0 Å². The lowest BCUT2D eigenvalue weighted by molar-refractivity contribution is -0.125. The van der Waals surface area contributed by atoms with Crippen molar-refractivity contribution in [1.29, 1.82) is 0 Å². The number of aromatic nitrogens is 1. The third-order valence-electron chi connectivity index (χ3n) is 3.91. The van der Waals surface area contributed by atoms with Crippen LogP contribution in [0.5, 0.6) is 0 Å². The van der Waals surface area contributed by atoms with Crippen LogP contribution in [0.2, 0.25) is 0 Å². The molecule has 0 aromatic carbocycles. The van der Waals surface area contributed by atoms with Crippen LogP contribution in [0, 0.1) is 5.92 Å². The zero-order chi connectivity index (χ0) is 13.7. The van der Waals surface area contributed by atoms with Crippen molar-refractivity contribution in [3.8, 4) is 0 Å². The third kappa shape index (κ3) is 3.47. The molecule has 106 valence electrons. The molecule has 1 aliphatic rings. The normalized spacial score (nSPS) is 19.1. The lowest BCUT2D eigenvalue weighted by atomic mass is 10.0. The van der Waals surface area contributed by atoms with Gasteiger partial charge in [-0.1, -0.05) is 13.8 Å². The van der Waals surface area contributed by atoms with Crippen LogP contribution >= 0.6 is 11.3 Å². The predicted molar refractivity (Wildman–Crippen MR) is 79.6 cm³/mol. The van der Waals surface area contributed by atoms with Crippen molar-refractivity contribution in [1.82, 2.24) is 10.3 Å². The minimum absolute atomic E-state index is 0.162. The van der Waals surface area contributed by atoms with Gasteiger partial charge in [0.05, 0.1) is 0 Å². The summed E-state index contributed by atoms with van der Waals surface area (Å²) >= 11 is 1.68. The molecule has 0 saturated carbocycles. The Hall–Kier alpha value is -1.10. The van der Waals surface area contributed by atoms with Crippen LogP contribution < -0.4 is 10.2 Å². The first-order chi connectivity index (χ1) is 9.26. The maximum atomic E-state index is 12.0. The minimum Gasteiger partial charge on any atom is -0.354 e. The van der Waals surface area contributed by atoms with Crippen LogP contribution in [0.3, 0.4) is 0 Å². The Kier molecular flexibility index (Phi) is 5.19. The van der Waals surface area contributed by atoms with Gasteiger partial charge < -0.3 is 10.2 Å². The van der Waals surface area contributed by atoms with E-state index in [1.165, 1.54) is 6.42 Å². The standard InChI is InChI=1S/C14H23N3OS/c1-3-11(4-2)13(18)16-10-12-6-5-8-17(12)14-15-7-9-19-14/h7,9,11-12H,3-6,8,10H2,1-2H3,(H,16,18). The number of hydrogen-bond acceptors (Lipinski definition) is 4. The monoisotopic (exact) mass is 281 g/mol. The van der Waals surface area contributed by atoms with Crippen molar-refractivity contribution < 1.29 is 4.79 Å². The van der Waals surface area contributed by atoms with Crippen molar-refractivity contribution in [3.05, 3.63) is 11.6 Å². The van der Waals surface area contributed by atoms with E-state index in [4.69, 9.17) is 0 Å². The highest BCUT2D eigenvalue weighted by Crippen LogP contribution is 2.26. The second-order valence-electron chi connectivity index (χ2n) is 5.06. The molecule has 1 atom stereocenters. The van der Waals surface area contributed by atoms with Crippen molar-refractivity contribution >= 4 is 22.4 Å². The van der Waals surface area contributed by atoms with Gasteiger partial charge in [-0.05, 0) is 25.7 Å². The maximum Gasteiger partial charge on any atom is 0.223 e. The number of amides is 1. The topological polar surface area (TPSA) is 45.2 Å². The zero-order valence-corrected chi connectivity index (χ0v) is 12.6. The fraction of sp³-hybridized carbons (Fsp3) is 0.714. The van der Waals surface area contributed by atoms with Gasteiger partial charge in [-0.3, -0.25) is 4.79 Å². The average Bonchev–Trinajstić information content (AvgIpc) is 3.08. The molecule has 0 spiro atoms. The molecule has 1 fully saturated rings. The summed E-state index contributed by atoms with van der Waals surface area (Å²) < 4.78 is 0. The molecule has 1 amide bonds. The molecule has 1 saturated heterocycles. The Bertz CT molecular complexity index is 389. The van der Waals surface area contributed by atoms with E-state index in [1.807, 2.05) is 11.6 Å². The predicted octanol–water partition coefficient (Wildman–Crippen LogP) is 2.66. The molecule has 0 radical (unpaired) electrons. The lowest BCUT2D eigenvalue weighted by Gasteiger charge is -2.25. The van der Waals surface area contributed by atoms with E-state index in [0.717, 1.165) is 37.5 Å². The number of nitrogens with one attached hydrogen (secondary N) is 1. The van der Waals surface area contributed by atoms with E-state index in [-0.39, 0.29) is 11.8 Å². The Morgan fingerprint density at radius 2 is 2.37 bits per heavy atom. The van der Waals surface area contributed by atoms with Gasteiger partial charge in [0.1, 0.15) is 0 Å². The van der Waals surface area contributed by atoms with Crippen LogP contribution in [0.15, 0.2) is 11.6 Å². The first kappa shape index (κ1) is 14.3. The third-order valence-corrected chi connectivity index (χ3v) is 4.72. The van der Waals surface area contributed by atoms with Crippen LogP contribution in [0.1, 0.15) is 39.5 Å². The first-order valence-electron chi connectivity index (χ1n) is 7.20. The average molecular weight is 281 g/mol. The van der Waals surface area contributed by atoms with E-state index in [9.17, 15) is 4.79 Å². The highest BCUT2D eigenvalue weighted by atomic mass is 32.1. The Labute approximate surface area is 119 Å². The number of anilines is 1. The molecule has 1 N–H and O–H groups in total. The Morgan fingerprint density at radius 3 is 3.00 bits per heavy atom. The summed E-state index contributed by atoms with van der Waals surface area (Å²) in [5.74, 6) is 0.366. The van der Waals surface area contributed by atoms with Crippen LogP contribution in [0.25, 0.3) is 0 Å². The Balaban J connectivity index is 1.87. The highest BCUT2D eigenvalue weighted by Gasteiger charge is 2.27. The molecule has 19 heavy (non-hydrogen) atoms. The molecule has 2 rings (SSSR count). The number of nitrogens with zero attached hydrogens (tertiary/aromatic N) is 2. The number of rotatable bonds is 6. The highest BCUT2D eigenvalue weighted by molar-refractivity contribution is 7.13. The molecule has 0 aliphatic carbocycles. The molecule has 4 nitrogen and oxygen atoms in total. The van der Waals surface area contributed by atoms with Crippen LogP contribution in [-0.2, 0) is 4.79 Å². The number of thiazole rings is 1. The van der Waals surface area contributed by atoms with Gasteiger partial charge in [0, 0.05) is 36.6 Å². The molecule has 2 heterocycles. The zero-order valence-electron chi connectivity index (χ0n) is 11.8. The van der Waals surface area contributed by atoms with Crippen molar-refractivity contribution in [3.63, 3.8) is 0 Å². The van der Waals surface area contributed by atoms with E-state index in [1.54, 1.807) is 11.3 Å².